The summed E-state index contributed by atoms with van der Waals surface area (Å²) in [5, 5.41) is 5.92. The molecule has 0 bridgehead atoms. The Morgan fingerprint density at radius 3 is 2.35 bits per heavy atom. The van der Waals surface area contributed by atoms with Crippen molar-refractivity contribution in [2.24, 2.45) is 0 Å². The molecule has 2 atom stereocenters. The summed E-state index contributed by atoms with van der Waals surface area (Å²) in [5.74, 6) is -1.23. The molecule has 0 aromatic heterocycles. The highest BCUT2D eigenvalue weighted by Crippen LogP contribution is 2.08. The fourth-order valence-corrected chi connectivity index (χ4v) is 1.75. The zero-order chi connectivity index (χ0) is 15.1. The molecule has 5 heteroatoms. The molecule has 1 rings (SSSR count). The van der Waals surface area contributed by atoms with Crippen molar-refractivity contribution >= 4 is 5.91 Å². The highest BCUT2D eigenvalue weighted by molar-refractivity contribution is 5.81. The molecule has 0 aliphatic carbocycles. The van der Waals surface area contributed by atoms with Crippen molar-refractivity contribution < 1.29 is 13.6 Å². The van der Waals surface area contributed by atoms with Gasteiger partial charge in [0.1, 0.15) is 11.6 Å². The second-order valence-electron chi connectivity index (χ2n) is 5.02. The van der Waals surface area contributed by atoms with Gasteiger partial charge in [-0.2, -0.15) is 0 Å². The third-order valence-electron chi connectivity index (χ3n) is 3.18. The lowest BCUT2D eigenvalue weighted by atomic mass is 10.1. The van der Waals surface area contributed by atoms with E-state index in [1.54, 1.807) is 6.92 Å². The lowest BCUT2D eigenvalue weighted by molar-refractivity contribution is -0.123. The molecular weight excluding hydrogens is 262 g/mol. The summed E-state index contributed by atoms with van der Waals surface area (Å²) >= 11 is 0. The van der Waals surface area contributed by atoms with E-state index in [0.29, 0.717) is 18.5 Å². The molecular formula is C15H22F2N2O. The van der Waals surface area contributed by atoms with Crippen LogP contribution in [0.25, 0.3) is 0 Å². The molecule has 1 aromatic rings. The summed E-state index contributed by atoms with van der Waals surface area (Å²) in [4.78, 5) is 11.8. The molecule has 1 amide bonds. The fraction of sp³-hybridized carbons (Fsp3) is 0.533. The van der Waals surface area contributed by atoms with E-state index in [9.17, 15) is 13.6 Å². The van der Waals surface area contributed by atoms with Crippen LogP contribution in [0.4, 0.5) is 8.78 Å². The first-order chi connectivity index (χ1) is 9.42. The number of halogens is 2. The molecule has 0 heterocycles. The maximum atomic E-state index is 13.0. The van der Waals surface area contributed by atoms with Gasteiger partial charge in [-0.1, -0.05) is 6.92 Å². The van der Waals surface area contributed by atoms with Crippen molar-refractivity contribution in [2.45, 2.75) is 45.7 Å². The van der Waals surface area contributed by atoms with Crippen LogP contribution in [0.3, 0.4) is 0 Å². The van der Waals surface area contributed by atoms with Gasteiger partial charge >= 0.3 is 0 Å². The highest BCUT2D eigenvalue weighted by atomic mass is 19.1. The average molecular weight is 284 g/mol. The van der Waals surface area contributed by atoms with Gasteiger partial charge in [0.05, 0.1) is 6.04 Å². The molecule has 1 aromatic carbocycles. The zero-order valence-corrected chi connectivity index (χ0v) is 12.2. The van der Waals surface area contributed by atoms with E-state index in [2.05, 4.69) is 10.6 Å². The van der Waals surface area contributed by atoms with Crippen molar-refractivity contribution in [1.29, 1.82) is 0 Å². The van der Waals surface area contributed by atoms with Gasteiger partial charge in [-0.05, 0) is 50.9 Å². The zero-order valence-electron chi connectivity index (χ0n) is 12.2. The van der Waals surface area contributed by atoms with Crippen LogP contribution in [0.15, 0.2) is 18.2 Å². The van der Waals surface area contributed by atoms with Crippen LogP contribution in [0.1, 0.15) is 32.8 Å². The van der Waals surface area contributed by atoms with E-state index < -0.39 is 11.6 Å². The molecule has 0 spiro atoms. The van der Waals surface area contributed by atoms with Gasteiger partial charge in [0, 0.05) is 12.1 Å². The Morgan fingerprint density at radius 2 is 1.80 bits per heavy atom. The smallest absolute Gasteiger partial charge is 0.237 e. The molecule has 20 heavy (non-hydrogen) atoms. The van der Waals surface area contributed by atoms with E-state index in [-0.39, 0.29) is 18.0 Å². The van der Waals surface area contributed by atoms with E-state index in [1.165, 1.54) is 12.1 Å². The summed E-state index contributed by atoms with van der Waals surface area (Å²) in [6, 6.07) is 3.26. The number of rotatable bonds is 7. The molecule has 0 saturated carbocycles. The standard InChI is InChI=1S/C15H22F2N2O/c1-4-10(2)19-15(20)11(3)18-6-5-12-7-13(16)9-14(17)8-12/h7-11,18H,4-6H2,1-3H3,(H,19,20). The normalized spacial score (nSPS) is 13.8. The minimum atomic E-state index is -0.581. The predicted molar refractivity (Wildman–Crippen MR) is 75.4 cm³/mol. The van der Waals surface area contributed by atoms with Crippen LogP contribution < -0.4 is 10.6 Å². The van der Waals surface area contributed by atoms with Crippen LogP contribution in [0.2, 0.25) is 0 Å². The number of hydrogen-bond donors (Lipinski definition) is 2. The monoisotopic (exact) mass is 284 g/mol. The van der Waals surface area contributed by atoms with Crippen molar-refractivity contribution in [1.82, 2.24) is 10.6 Å². The topological polar surface area (TPSA) is 41.1 Å². The van der Waals surface area contributed by atoms with E-state index in [1.807, 2.05) is 13.8 Å². The Hall–Kier alpha value is -1.49. The minimum absolute atomic E-state index is 0.0650. The summed E-state index contributed by atoms with van der Waals surface area (Å²) in [6.07, 6.45) is 1.34. The summed E-state index contributed by atoms with van der Waals surface area (Å²) < 4.78 is 26.0. The van der Waals surface area contributed by atoms with E-state index in [0.717, 1.165) is 12.5 Å². The quantitative estimate of drug-likeness (QED) is 0.807. The predicted octanol–water partition coefficient (Wildman–Crippen LogP) is 2.40. The Balaban J connectivity index is 2.38. The summed E-state index contributed by atoms with van der Waals surface area (Å²) in [5.41, 5.74) is 0.574. The van der Waals surface area contributed by atoms with Crippen LogP contribution in [-0.2, 0) is 11.2 Å². The number of carbonyl (C=O) groups is 1. The van der Waals surface area contributed by atoms with Crippen LogP contribution in [-0.4, -0.2) is 24.5 Å². The average Bonchev–Trinajstić information content (AvgIpc) is 2.37. The summed E-state index contributed by atoms with van der Waals surface area (Å²) in [6.45, 7) is 6.20. The van der Waals surface area contributed by atoms with Crippen LogP contribution in [0, 0.1) is 11.6 Å². The molecule has 2 N–H and O–H groups in total. The van der Waals surface area contributed by atoms with Crippen molar-refractivity contribution in [3.8, 4) is 0 Å². The van der Waals surface area contributed by atoms with Gasteiger partial charge in [0.2, 0.25) is 5.91 Å². The number of amides is 1. The molecule has 2 unspecified atom stereocenters. The maximum absolute atomic E-state index is 13.0. The Morgan fingerprint density at radius 1 is 1.20 bits per heavy atom. The maximum Gasteiger partial charge on any atom is 0.237 e. The second kappa shape index (κ2) is 7.94. The first kappa shape index (κ1) is 16.6. The van der Waals surface area contributed by atoms with Crippen molar-refractivity contribution in [3.63, 3.8) is 0 Å². The van der Waals surface area contributed by atoms with Gasteiger partial charge in [0.25, 0.3) is 0 Å². The highest BCUT2D eigenvalue weighted by Gasteiger charge is 2.13. The minimum Gasteiger partial charge on any atom is -0.352 e. The van der Waals surface area contributed by atoms with Crippen molar-refractivity contribution in [2.75, 3.05) is 6.54 Å². The SMILES string of the molecule is CCC(C)NC(=O)C(C)NCCc1cc(F)cc(F)c1. The molecule has 112 valence electrons. The second-order valence-corrected chi connectivity index (χ2v) is 5.02. The van der Waals surface area contributed by atoms with Gasteiger partial charge < -0.3 is 10.6 Å². The Bertz CT molecular complexity index is 431. The number of nitrogens with one attached hydrogen (secondary N) is 2. The lowest BCUT2D eigenvalue weighted by Gasteiger charge is -2.17. The lowest BCUT2D eigenvalue weighted by Crippen LogP contribution is -2.45. The number of carbonyl (C=O) groups excluding carboxylic acids is 1. The fourth-order valence-electron chi connectivity index (χ4n) is 1.75. The first-order valence-corrected chi connectivity index (χ1v) is 6.91. The van der Waals surface area contributed by atoms with Gasteiger partial charge in [0.15, 0.2) is 0 Å². The van der Waals surface area contributed by atoms with E-state index >= 15 is 0 Å². The van der Waals surface area contributed by atoms with Crippen LogP contribution >= 0.6 is 0 Å². The van der Waals surface area contributed by atoms with Gasteiger partial charge in [-0.15, -0.1) is 0 Å². The largest absolute Gasteiger partial charge is 0.352 e. The number of hydrogen-bond acceptors (Lipinski definition) is 2. The molecule has 0 saturated heterocycles. The molecule has 0 fully saturated rings. The third kappa shape index (κ3) is 5.65. The molecule has 0 radical (unpaired) electrons. The van der Waals surface area contributed by atoms with E-state index in [4.69, 9.17) is 0 Å². The number of benzene rings is 1. The van der Waals surface area contributed by atoms with Gasteiger partial charge in [-0.25, -0.2) is 8.78 Å². The molecule has 0 aliphatic heterocycles. The Labute approximate surface area is 118 Å². The summed E-state index contributed by atoms with van der Waals surface area (Å²) in [7, 11) is 0. The third-order valence-corrected chi connectivity index (χ3v) is 3.18. The van der Waals surface area contributed by atoms with Crippen molar-refractivity contribution in [3.05, 3.63) is 35.4 Å². The van der Waals surface area contributed by atoms with Gasteiger partial charge in [-0.3, -0.25) is 4.79 Å². The molecule has 3 nitrogen and oxygen atoms in total. The molecule has 0 aliphatic rings. The first-order valence-electron chi connectivity index (χ1n) is 6.91. The van der Waals surface area contributed by atoms with Crippen LogP contribution in [0.5, 0.6) is 0 Å². The Kier molecular flexibility index (Phi) is 6.58.